The molecule has 2 aromatic carbocycles. The zero-order chi connectivity index (χ0) is 36.4. The molecule has 2 bridgehead atoms. The van der Waals surface area contributed by atoms with Gasteiger partial charge < -0.3 is 16.2 Å². The average Bonchev–Trinajstić information content (AvgIpc) is 3.42. The fourth-order valence-corrected chi connectivity index (χ4v) is 10.4. The quantitative estimate of drug-likeness (QED) is 0.211. The first-order valence-corrected chi connectivity index (χ1v) is 20.9. The Hall–Kier alpha value is -3.92. The molecule has 1 aromatic heterocycles. The molecule has 52 heavy (non-hydrogen) atoms. The summed E-state index contributed by atoms with van der Waals surface area (Å²) in [7, 11) is 2.17. The van der Waals surface area contributed by atoms with Gasteiger partial charge in [-0.1, -0.05) is 0 Å². The van der Waals surface area contributed by atoms with Gasteiger partial charge in [-0.05, 0) is 43.9 Å². The number of rotatable bonds is 11. The Morgan fingerprint density at radius 1 is 0.865 bits per heavy atom. The molecule has 4 fully saturated rings. The molecule has 1 saturated carbocycles. The second-order valence-electron chi connectivity index (χ2n) is 15.1. The summed E-state index contributed by atoms with van der Waals surface area (Å²) < 4.78 is 0.390. The second-order valence-corrected chi connectivity index (χ2v) is 18.1. The number of benzene rings is 2. The van der Waals surface area contributed by atoms with E-state index in [9.17, 15) is 19.5 Å². The maximum absolute atomic E-state index is 13.5. The topological polar surface area (TPSA) is 144 Å². The van der Waals surface area contributed by atoms with Gasteiger partial charge in [-0.25, -0.2) is 0 Å². The number of piperidine rings is 1. The Kier molecular flexibility index (Phi) is 11.2. The molecule has 3 aromatic rings. The number of fused-ring (bicyclic) bond motifs is 2. The summed E-state index contributed by atoms with van der Waals surface area (Å²) in [4.78, 5) is 51.0. The molecule has 7 rings (SSSR count). The Balaban J connectivity index is 0.930. The van der Waals surface area contributed by atoms with Gasteiger partial charge in [0.25, 0.3) is 5.91 Å². The van der Waals surface area contributed by atoms with Crippen LogP contribution in [0.25, 0.3) is 0 Å². The number of likely N-dealkylation sites (N-methyl/N-ethyl adjacent to an activating group) is 1. The number of hydrogen-bond acceptors (Lipinski definition) is 9. The number of aliphatic hydroxyl groups excluding tert-OH is 1. The van der Waals surface area contributed by atoms with Gasteiger partial charge in [0.1, 0.15) is 0 Å². The SMILES string of the molecule is C[C@H]([As]C(=O)c1ccc(N2C3CCC2CC(NC(=O)c2ccc(C(N)=O)c(NC4CCC(O)CC4)c2)C3)nc1)c1ccc(N2CCN(C)CC2)cc1. The Labute approximate surface area is 313 Å². The normalized spacial score (nSPS) is 25.6. The maximum atomic E-state index is 13.5. The van der Waals surface area contributed by atoms with Crippen LogP contribution >= 0.6 is 0 Å². The summed E-state index contributed by atoms with van der Waals surface area (Å²) in [5, 5.41) is 16.6. The van der Waals surface area contributed by atoms with Crippen molar-refractivity contribution in [1.29, 1.82) is 0 Å². The van der Waals surface area contributed by atoms with E-state index in [-0.39, 0.29) is 45.5 Å². The molecule has 4 aliphatic rings. The molecule has 3 atom stereocenters. The van der Waals surface area contributed by atoms with Crippen molar-refractivity contribution in [2.45, 2.75) is 93.3 Å². The van der Waals surface area contributed by atoms with E-state index in [0.29, 0.717) is 35.2 Å². The molecular formula is C40H51AsN7O4. The number of nitrogens with one attached hydrogen (secondary N) is 2. The van der Waals surface area contributed by atoms with Crippen LogP contribution < -0.4 is 26.2 Å². The number of primary amides is 1. The summed E-state index contributed by atoms with van der Waals surface area (Å²) >= 11 is -0.583. The van der Waals surface area contributed by atoms with E-state index >= 15 is 0 Å². The number of piperazine rings is 1. The molecule has 3 aliphatic heterocycles. The van der Waals surface area contributed by atoms with Crippen molar-refractivity contribution in [2.75, 3.05) is 48.3 Å². The minimum absolute atomic E-state index is 0.0234. The van der Waals surface area contributed by atoms with Crippen LogP contribution in [0.15, 0.2) is 60.8 Å². The van der Waals surface area contributed by atoms with E-state index in [0.717, 1.165) is 70.5 Å². The number of hydrogen-bond donors (Lipinski definition) is 4. The van der Waals surface area contributed by atoms with Crippen LogP contribution in [0, 0.1) is 0 Å². The van der Waals surface area contributed by atoms with E-state index in [1.54, 1.807) is 24.4 Å². The van der Waals surface area contributed by atoms with Gasteiger partial charge in [-0.2, -0.15) is 0 Å². The number of aromatic nitrogens is 1. The molecule has 2 unspecified atom stereocenters. The van der Waals surface area contributed by atoms with E-state index in [4.69, 9.17) is 10.7 Å². The van der Waals surface area contributed by atoms with Crippen LogP contribution in [0.2, 0.25) is 0 Å². The molecule has 2 amide bonds. The van der Waals surface area contributed by atoms with Gasteiger partial charge in [0.15, 0.2) is 0 Å². The zero-order valence-electron chi connectivity index (χ0n) is 30.2. The monoisotopic (exact) mass is 768 g/mol. The fourth-order valence-electron chi connectivity index (χ4n) is 8.42. The van der Waals surface area contributed by atoms with Crippen LogP contribution in [-0.2, 0) is 0 Å². The van der Waals surface area contributed by atoms with Crippen molar-refractivity contribution in [2.24, 2.45) is 5.73 Å². The number of carbonyl (C=O) groups is 3. The number of pyridine rings is 1. The predicted molar refractivity (Wildman–Crippen MR) is 206 cm³/mol. The van der Waals surface area contributed by atoms with Crippen molar-refractivity contribution >= 4 is 49.3 Å². The van der Waals surface area contributed by atoms with E-state index < -0.39 is 21.7 Å². The van der Waals surface area contributed by atoms with E-state index in [2.05, 4.69) is 63.6 Å². The zero-order valence-corrected chi connectivity index (χ0v) is 32.1. The molecule has 1 aliphatic carbocycles. The van der Waals surface area contributed by atoms with Gasteiger partial charge in [-0.15, -0.1) is 0 Å². The van der Waals surface area contributed by atoms with Gasteiger partial charge in [-0.3, -0.25) is 4.79 Å². The number of aliphatic hydroxyl groups is 1. The summed E-state index contributed by atoms with van der Waals surface area (Å²) in [5.74, 6) is 0.184. The van der Waals surface area contributed by atoms with Gasteiger partial charge in [0.05, 0.1) is 11.7 Å². The van der Waals surface area contributed by atoms with Gasteiger partial charge in [0, 0.05) is 11.7 Å². The summed E-state index contributed by atoms with van der Waals surface area (Å²) in [6, 6.07) is 18.4. The first-order valence-electron chi connectivity index (χ1n) is 18.8. The Morgan fingerprint density at radius 3 is 2.17 bits per heavy atom. The van der Waals surface area contributed by atoms with Crippen molar-refractivity contribution in [3.05, 3.63) is 83.0 Å². The van der Waals surface area contributed by atoms with Crippen LogP contribution in [0.1, 0.15) is 99.6 Å². The first-order chi connectivity index (χ1) is 25.1. The first kappa shape index (κ1) is 36.4. The Bertz CT molecular complexity index is 1730. The average molecular weight is 769 g/mol. The molecule has 0 spiro atoms. The number of anilines is 3. The van der Waals surface area contributed by atoms with Crippen molar-refractivity contribution in [1.82, 2.24) is 15.2 Å². The second kappa shape index (κ2) is 16.0. The van der Waals surface area contributed by atoms with Gasteiger partial charge in [0.2, 0.25) is 0 Å². The number of carbonyl (C=O) groups excluding carboxylic acids is 3. The summed E-state index contributed by atoms with van der Waals surface area (Å²) in [6.07, 6.45) is 8.15. The number of nitrogens with zero attached hydrogens (tertiary/aromatic N) is 4. The minimum atomic E-state index is -0.583. The molecule has 1 radical (unpaired) electrons. The third-order valence-electron chi connectivity index (χ3n) is 11.5. The van der Waals surface area contributed by atoms with Crippen molar-refractivity contribution < 1.29 is 19.5 Å². The molecule has 12 heteroatoms. The molecule has 275 valence electrons. The molecular weight excluding hydrogens is 717 g/mol. The molecule has 3 saturated heterocycles. The van der Waals surface area contributed by atoms with Gasteiger partial charge >= 0.3 is 220 Å². The van der Waals surface area contributed by atoms with E-state index in [1.165, 1.54) is 11.3 Å². The third kappa shape index (κ3) is 8.32. The standard InChI is InChI=1S/C40H51AsN7O4/c1-25(26-3-9-31(10-4-26)47-19-17-46(2)18-20-47)41-38(50)28-6-16-37(43-24-28)48-32-11-12-33(48)23-30(22-32)45-40(52)27-5-15-35(39(42)51)36(21-27)44-29-7-13-34(49)14-8-29/h3-6,9-10,15-16,21,24-25,29-30,32-34,44,49H,7-8,11-14,17-20,22-23H2,1-2H3,(H2,42,51)(H,45,52)/t25-,29?,30?,32?,33?,34?/m0/s1. The Morgan fingerprint density at radius 2 is 1.54 bits per heavy atom. The molecule has 11 nitrogen and oxygen atoms in total. The molecule has 5 N–H and O–H groups in total. The summed E-state index contributed by atoms with van der Waals surface area (Å²) in [6.45, 7) is 6.39. The van der Waals surface area contributed by atoms with Crippen LogP contribution in [-0.4, -0.2) is 111 Å². The fraction of sp³-hybridized carbons (Fsp3) is 0.500. The predicted octanol–water partition coefficient (Wildman–Crippen LogP) is 4.18. The number of nitrogens with two attached hydrogens (primary N) is 1. The van der Waals surface area contributed by atoms with Crippen LogP contribution in [0.4, 0.5) is 17.2 Å². The third-order valence-corrected chi connectivity index (χ3v) is 14.0. The molecule has 4 heterocycles. The van der Waals surface area contributed by atoms with Crippen LogP contribution in [0.3, 0.4) is 0 Å². The van der Waals surface area contributed by atoms with Crippen molar-refractivity contribution in [3.8, 4) is 0 Å². The number of amides is 2. The van der Waals surface area contributed by atoms with E-state index in [1.807, 2.05) is 12.1 Å². The van der Waals surface area contributed by atoms with Crippen LogP contribution in [0.5, 0.6) is 0 Å². The summed E-state index contributed by atoms with van der Waals surface area (Å²) in [5.41, 5.74) is 10.2. The van der Waals surface area contributed by atoms with Crippen molar-refractivity contribution in [3.63, 3.8) is 0 Å².